The van der Waals surface area contributed by atoms with Gasteiger partial charge in [-0.05, 0) is 26.3 Å². The van der Waals surface area contributed by atoms with E-state index < -0.39 is 24.9 Å². The number of hydrogen-bond donors (Lipinski definition) is 1. The molecule has 1 amide bonds. The molecule has 2 aromatic rings. The SMILES string of the molecule is Cc1cc(Nc2nc(C(=O)N3CC(F)(F)C3)cs2)nc([C@@H]2CCCN(CC#N)C2)n1. The number of piperidine rings is 1. The molecule has 2 aliphatic heterocycles. The lowest BCUT2D eigenvalue weighted by molar-refractivity contribution is -0.113. The molecule has 30 heavy (non-hydrogen) atoms. The Labute approximate surface area is 176 Å². The van der Waals surface area contributed by atoms with Crippen LogP contribution >= 0.6 is 11.3 Å². The lowest BCUT2D eigenvalue weighted by Crippen LogP contribution is -2.58. The molecule has 158 valence electrons. The van der Waals surface area contributed by atoms with Gasteiger partial charge in [0.25, 0.3) is 11.8 Å². The summed E-state index contributed by atoms with van der Waals surface area (Å²) in [5, 5.41) is 14.1. The Balaban J connectivity index is 1.45. The summed E-state index contributed by atoms with van der Waals surface area (Å²) in [7, 11) is 0. The van der Waals surface area contributed by atoms with Crippen molar-refractivity contribution in [3.8, 4) is 6.07 Å². The number of halogens is 2. The third-order valence-corrected chi connectivity index (χ3v) is 5.88. The number of aromatic nitrogens is 3. The van der Waals surface area contributed by atoms with Crippen molar-refractivity contribution in [3.63, 3.8) is 0 Å². The number of hydrogen-bond acceptors (Lipinski definition) is 8. The molecule has 2 fully saturated rings. The fraction of sp³-hybridized carbons (Fsp3) is 0.526. The summed E-state index contributed by atoms with van der Waals surface area (Å²) in [5.74, 6) is -1.86. The van der Waals surface area contributed by atoms with Gasteiger partial charge >= 0.3 is 0 Å². The maximum absolute atomic E-state index is 13.0. The summed E-state index contributed by atoms with van der Waals surface area (Å²) in [6.07, 6.45) is 1.95. The van der Waals surface area contributed by atoms with E-state index in [0.29, 0.717) is 17.5 Å². The van der Waals surface area contributed by atoms with Gasteiger partial charge in [0.15, 0.2) is 5.13 Å². The molecule has 2 aliphatic rings. The molecular formula is C19H21F2N7OS. The number of nitrogens with one attached hydrogen (secondary N) is 1. The smallest absolute Gasteiger partial charge is 0.282 e. The van der Waals surface area contributed by atoms with Crippen LogP contribution in [0.5, 0.6) is 0 Å². The second-order valence-electron chi connectivity index (χ2n) is 7.67. The van der Waals surface area contributed by atoms with Crippen LogP contribution < -0.4 is 5.32 Å². The van der Waals surface area contributed by atoms with Crippen molar-refractivity contribution in [1.29, 1.82) is 5.26 Å². The zero-order chi connectivity index (χ0) is 21.3. The molecule has 0 saturated carbocycles. The quantitative estimate of drug-likeness (QED) is 0.724. The second-order valence-corrected chi connectivity index (χ2v) is 8.52. The van der Waals surface area contributed by atoms with Crippen LogP contribution in [0.4, 0.5) is 19.7 Å². The van der Waals surface area contributed by atoms with Crippen LogP contribution in [0.15, 0.2) is 11.4 Å². The third-order valence-electron chi connectivity index (χ3n) is 5.13. The monoisotopic (exact) mass is 433 g/mol. The standard InChI is InChI=1S/C19H21F2N7OS/c1-12-7-15(25-16(23-12)13-3-2-5-27(8-13)6-4-22)26-18-24-14(9-30-18)17(29)28-10-19(20,21)11-28/h7,9,13H,2-3,5-6,8,10-11H2,1H3,(H,23,24,25,26)/t13-/m1/s1. The van der Waals surface area contributed by atoms with Crippen molar-refractivity contribution in [2.45, 2.75) is 31.6 Å². The van der Waals surface area contributed by atoms with Gasteiger partial charge in [0.1, 0.15) is 17.3 Å². The first kappa shape index (κ1) is 20.6. The number of anilines is 2. The maximum Gasteiger partial charge on any atom is 0.282 e. The molecule has 11 heteroatoms. The van der Waals surface area contributed by atoms with E-state index in [9.17, 15) is 13.6 Å². The van der Waals surface area contributed by atoms with Gasteiger partial charge in [-0.2, -0.15) is 5.26 Å². The molecule has 8 nitrogen and oxygen atoms in total. The molecule has 0 radical (unpaired) electrons. The predicted molar refractivity (Wildman–Crippen MR) is 107 cm³/mol. The number of likely N-dealkylation sites (tertiary alicyclic amines) is 2. The average molecular weight is 433 g/mol. The fourth-order valence-corrected chi connectivity index (χ4v) is 4.40. The zero-order valence-corrected chi connectivity index (χ0v) is 17.3. The van der Waals surface area contributed by atoms with Gasteiger partial charge in [0.2, 0.25) is 0 Å². The van der Waals surface area contributed by atoms with Crippen LogP contribution in [-0.4, -0.2) is 69.3 Å². The maximum atomic E-state index is 13.0. The van der Waals surface area contributed by atoms with Crippen molar-refractivity contribution >= 4 is 28.2 Å². The summed E-state index contributed by atoms with van der Waals surface area (Å²) >= 11 is 1.22. The van der Waals surface area contributed by atoms with Crippen molar-refractivity contribution in [3.05, 3.63) is 28.7 Å². The van der Waals surface area contributed by atoms with E-state index in [-0.39, 0.29) is 11.6 Å². The molecule has 0 bridgehead atoms. The van der Waals surface area contributed by atoms with Gasteiger partial charge in [0.05, 0.1) is 25.7 Å². The van der Waals surface area contributed by atoms with Gasteiger partial charge in [-0.3, -0.25) is 9.69 Å². The lowest BCUT2D eigenvalue weighted by atomic mass is 9.97. The Bertz CT molecular complexity index is 982. The van der Waals surface area contributed by atoms with E-state index in [0.717, 1.165) is 42.3 Å². The number of alkyl halides is 2. The minimum atomic E-state index is -2.80. The first-order chi connectivity index (χ1) is 14.3. The van der Waals surface area contributed by atoms with Crippen LogP contribution in [0.1, 0.15) is 40.8 Å². The molecule has 4 heterocycles. The zero-order valence-electron chi connectivity index (χ0n) is 16.4. The molecule has 0 unspecified atom stereocenters. The summed E-state index contributed by atoms with van der Waals surface area (Å²) in [6.45, 7) is 2.79. The van der Waals surface area contributed by atoms with Gasteiger partial charge in [-0.25, -0.2) is 23.7 Å². The van der Waals surface area contributed by atoms with Crippen molar-refractivity contribution < 1.29 is 13.6 Å². The van der Waals surface area contributed by atoms with Crippen molar-refractivity contribution in [1.82, 2.24) is 24.8 Å². The van der Waals surface area contributed by atoms with E-state index in [1.165, 1.54) is 11.3 Å². The van der Waals surface area contributed by atoms with Crippen LogP contribution in [-0.2, 0) is 0 Å². The van der Waals surface area contributed by atoms with E-state index in [1.54, 1.807) is 11.4 Å². The number of carbonyl (C=O) groups is 1. The topological polar surface area (TPSA) is 98.0 Å². The number of nitriles is 1. The Kier molecular flexibility index (Phi) is 5.62. The summed E-state index contributed by atoms with van der Waals surface area (Å²) in [6, 6.07) is 3.98. The Morgan fingerprint density at radius 1 is 1.40 bits per heavy atom. The Morgan fingerprint density at radius 2 is 2.20 bits per heavy atom. The number of thiazole rings is 1. The Morgan fingerprint density at radius 3 is 2.93 bits per heavy atom. The van der Waals surface area contributed by atoms with E-state index in [2.05, 4.69) is 31.2 Å². The highest BCUT2D eigenvalue weighted by atomic mass is 32.1. The third kappa shape index (κ3) is 4.55. The summed E-state index contributed by atoms with van der Waals surface area (Å²) in [5.41, 5.74) is 0.944. The molecular weight excluding hydrogens is 412 g/mol. The van der Waals surface area contributed by atoms with Gasteiger partial charge in [-0.1, -0.05) is 0 Å². The summed E-state index contributed by atoms with van der Waals surface area (Å²) < 4.78 is 26.0. The molecule has 2 saturated heterocycles. The number of nitrogens with zero attached hydrogens (tertiary/aromatic N) is 6. The number of rotatable bonds is 5. The first-order valence-corrected chi connectivity index (χ1v) is 10.6. The van der Waals surface area contributed by atoms with Crippen molar-refractivity contribution in [2.75, 3.05) is 38.0 Å². The molecule has 4 rings (SSSR count). The minimum absolute atomic E-state index is 0.142. The minimum Gasteiger partial charge on any atom is -0.325 e. The normalized spacial score (nSPS) is 21.0. The predicted octanol–water partition coefficient (Wildman–Crippen LogP) is 2.78. The lowest BCUT2D eigenvalue weighted by Gasteiger charge is -2.38. The summed E-state index contributed by atoms with van der Waals surface area (Å²) in [4.78, 5) is 28.8. The van der Waals surface area contributed by atoms with Crippen LogP contribution in [0.3, 0.4) is 0 Å². The van der Waals surface area contributed by atoms with Crippen LogP contribution in [0.25, 0.3) is 0 Å². The van der Waals surface area contributed by atoms with Crippen LogP contribution in [0, 0.1) is 18.3 Å². The van der Waals surface area contributed by atoms with Gasteiger partial charge in [0, 0.05) is 29.6 Å². The molecule has 2 aromatic heterocycles. The van der Waals surface area contributed by atoms with Gasteiger partial charge in [-0.15, -0.1) is 11.3 Å². The largest absolute Gasteiger partial charge is 0.325 e. The van der Waals surface area contributed by atoms with E-state index in [4.69, 9.17) is 5.26 Å². The number of amides is 1. The number of carbonyl (C=O) groups excluding carboxylic acids is 1. The molecule has 0 aromatic carbocycles. The molecule has 0 aliphatic carbocycles. The Hall–Kier alpha value is -2.71. The highest BCUT2D eigenvalue weighted by molar-refractivity contribution is 7.14. The molecule has 1 N–H and O–H groups in total. The first-order valence-electron chi connectivity index (χ1n) is 9.67. The molecule has 1 atom stereocenters. The van der Waals surface area contributed by atoms with Crippen LogP contribution in [0.2, 0.25) is 0 Å². The van der Waals surface area contributed by atoms with Crippen molar-refractivity contribution in [2.24, 2.45) is 0 Å². The number of aryl methyl sites for hydroxylation is 1. The second kappa shape index (κ2) is 8.20. The highest BCUT2D eigenvalue weighted by Gasteiger charge is 2.46. The van der Waals surface area contributed by atoms with Gasteiger partial charge < -0.3 is 10.2 Å². The molecule has 0 spiro atoms. The van der Waals surface area contributed by atoms with E-state index in [1.807, 2.05) is 6.92 Å². The fourth-order valence-electron chi connectivity index (χ4n) is 3.70. The average Bonchev–Trinajstić information content (AvgIpc) is 3.14. The highest BCUT2D eigenvalue weighted by Crippen LogP contribution is 2.30. The van der Waals surface area contributed by atoms with E-state index >= 15 is 0 Å².